The van der Waals surface area contributed by atoms with E-state index < -0.39 is 0 Å². The molecule has 0 bridgehead atoms. The molecule has 0 radical (unpaired) electrons. The second kappa shape index (κ2) is 6.01. The minimum Gasteiger partial charge on any atom is -0.377 e. The Labute approximate surface area is 97.0 Å². The molecule has 0 aliphatic carbocycles. The molecule has 1 fully saturated rings. The molecule has 1 aromatic rings. The van der Waals surface area contributed by atoms with Crippen LogP contribution in [0.15, 0.2) is 12.4 Å². The first-order valence-electron chi connectivity index (χ1n) is 6.22. The molecule has 2 rings (SSSR count). The monoisotopic (exact) mass is 223 g/mol. The van der Waals surface area contributed by atoms with Crippen LogP contribution >= 0.6 is 0 Å². The average Bonchev–Trinajstić information content (AvgIpc) is 2.90. The quantitative estimate of drug-likeness (QED) is 0.795. The predicted octanol–water partition coefficient (Wildman–Crippen LogP) is 1.56. The van der Waals surface area contributed by atoms with Gasteiger partial charge in [-0.2, -0.15) is 5.10 Å². The first-order chi connectivity index (χ1) is 7.88. The molecular weight excluding hydrogens is 202 g/mol. The van der Waals surface area contributed by atoms with Crippen molar-refractivity contribution in [3.8, 4) is 0 Å². The van der Waals surface area contributed by atoms with Gasteiger partial charge in [-0.3, -0.25) is 4.68 Å². The van der Waals surface area contributed by atoms with Crippen molar-refractivity contribution in [1.82, 2.24) is 15.1 Å². The summed E-state index contributed by atoms with van der Waals surface area (Å²) >= 11 is 0. The van der Waals surface area contributed by atoms with E-state index in [4.69, 9.17) is 4.74 Å². The smallest absolute Gasteiger partial charge is 0.0700 e. The van der Waals surface area contributed by atoms with Crippen LogP contribution in [0.2, 0.25) is 0 Å². The lowest BCUT2D eigenvalue weighted by Crippen LogP contribution is -2.25. The highest BCUT2D eigenvalue weighted by Gasteiger charge is 2.14. The first-order valence-corrected chi connectivity index (χ1v) is 6.22. The van der Waals surface area contributed by atoms with Crippen LogP contribution in [0, 0.1) is 0 Å². The lowest BCUT2D eigenvalue weighted by atomic mass is 10.2. The van der Waals surface area contributed by atoms with Crippen molar-refractivity contribution >= 4 is 0 Å². The third-order valence-electron chi connectivity index (χ3n) is 2.86. The highest BCUT2D eigenvalue weighted by atomic mass is 16.5. The van der Waals surface area contributed by atoms with Gasteiger partial charge in [-0.25, -0.2) is 0 Å². The summed E-state index contributed by atoms with van der Waals surface area (Å²) in [5, 5.41) is 7.72. The molecular formula is C12H21N3O. The summed E-state index contributed by atoms with van der Waals surface area (Å²) in [6, 6.07) is 0. The third-order valence-corrected chi connectivity index (χ3v) is 2.86. The number of ether oxygens (including phenoxy) is 1. The van der Waals surface area contributed by atoms with Crippen LogP contribution in [0.4, 0.5) is 0 Å². The summed E-state index contributed by atoms with van der Waals surface area (Å²) in [6.07, 6.45) is 8.02. The molecule has 0 aromatic carbocycles. The van der Waals surface area contributed by atoms with Crippen LogP contribution < -0.4 is 5.32 Å². The number of hydrogen-bond acceptors (Lipinski definition) is 3. The average molecular weight is 223 g/mol. The van der Waals surface area contributed by atoms with Crippen molar-refractivity contribution in [3.63, 3.8) is 0 Å². The number of hydrogen-bond donors (Lipinski definition) is 1. The maximum atomic E-state index is 5.55. The summed E-state index contributed by atoms with van der Waals surface area (Å²) in [5.74, 6) is 0. The fourth-order valence-corrected chi connectivity index (χ4v) is 2.03. The van der Waals surface area contributed by atoms with Gasteiger partial charge in [-0.05, 0) is 19.3 Å². The molecule has 4 heteroatoms. The zero-order valence-corrected chi connectivity index (χ0v) is 9.98. The first kappa shape index (κ1) is 11.6. The van der Waals surface area contributed by atoms with Gasteiger partial charge in [0.25, 0.3) is 0 Å². The molecule has 2 heterocycles. The van der Waals surface area contributed by atoms with Gasteiger partial charge >= 0.3 is 0 Å². The van der Waals surface area contributed by atoms with Gasteiger partial charge in [0, 0.05) is 38.0 Å². The Morgan fingerprint density at radius 1 is 1.62 bits per heavy atom. The second-order valence-electron chi connectivity index (χ2n) is 4.38. The highest BCUT2D eigenvalue weighted by molar-refractivity contribution is 5.03. The normalized spacial score (nSPS) is 20.4. The van der Waals surface area contributed by atoms with Gasteiger partial charge in [0.1, 0.15) is 0 Å². The molecule has 1 aliphatic heterocycles. The Hall–Kier alpha value is -0.870. The van der Waals surface area contributed by atoms with E-state index in [9.17, 15) is 0 Å². The molecule has 1 atom stereocenters. The van der Waals surface area contributed by atoms with Gasteiger partial charge in [0.15, 0.2) is 0 Å². The summed E-state index contributed by atoms with van der Waals surface area (Å²) in [5.41, 5.74) is 1.26. The number of nitrogens with zero attached hydrogens (tertiary/aromatic N) is 2. The molecule has 1 aliphatic rings. The van der Waals surface area contributed by atoms with Crippen LogP contribution in [0.1, 0.15) is 31.7 Å². The fourth-order valence-electron chi connectivity index (χ4n) is 2.03. The van der Waals surface area contributed by atoms with Gasteiger partial charge in [0.2, 0.25) is 0 Å². The van der Waals surface area contributed by atoms with Gasteiger partial charge in [-0.1, -0.05) is 6.92 Å². The van der Waals surface area contributed by atoms with E-state index in [0.717, 1.165) is 32.7 Å². The van der Waals surface area contributed by atoms with E-state index in [1.165, 1.54) is 18.4 Å². The van der Waals surface area contributed by atoms with E-state index in [1.54, 1.807) is 0 Å². The number of nitrogens with one attached hydrogen (secondary N) is 1. The zero-order chi connectivity index (χ0) is 11.2. The van der Waals surface area contributed by atoms with Gasteiger partial charge in [-0.15, -0.1) is 0 Å². The van der Waals surface area contributed by atoms with Crippen LogP contribution in [0.5, 0.6) is 0 Å². The van der Waals surface area contributed by atoms with Crippen LogP contribution in [0.25, 0.3) is 0 Å². The van der Waals surface area contributed by atoms with E-state index in [2.05, 4.69) is 23.5 Å². The lowest BCUT2D eigenvalue weighted by molar-refractivity contribution is 0.110. The van der Waals surface area contributed by atoms with E-state index in [-0.39, 0.29) is 0 Å². The summed E-state index contributed by atoms with van der Waals surface area (Å²) in [6.45, 7) is 5.95. The van der Waals surface area contributed by atoms with Crippen molar-refractivity contribution in [2.75, 3.05) is 13.2 Å². The Morgan fingerprint density at radius 2 is 2.56 bits per heavy atom. The Bertz CT molecular complexity index is 305. The number of rotatable bonds is 6. The van der Waals surface area contributed by atoms with Crippen molar-refractivity contribution in [3.05, 3.63) is 18.0 Å². The molecule has 0 spiro atoms. The zero-order valence-electron chi connectivity index (χ0n) is 9.98. The van der Waals surface area contributed by atoms with Crippen molar-refractivity contribution in [1.29, 1.82) is 0 Å². The minimum absolute atomic E-state index is 0.422. The third kappa shape index (κ3) is 3.32. The standard InChI is InChI=1S/C12H21N3O/c1-2-5-15-10-11(8-14-15)7-13-9-12-4-3-6-16-12/h8,10,12-13H,2-7,9H2,1H3. The molecule has 0 amide bonds. The van der Waals surface area contributed by atoms with Crippen LogP contribution in [0.3, 0.4) is 0 Å². The highest BCUT2D eigenvalue weighted by Crippen LogP contribution is 2.10. The van der Waals surface area contributed by atoms with Gasteiger partial charge < -0.3 is 10.1 Å². The summed E-state index contributed by atoms with van der Waals surface area (Å²) in [4.78, 5) is 0. The summed E-state index contributed by atoms with van der Waals surface area (Å²) < 4.78 is 7.55. The molecule has 90 valence electrons. The second-order valence-corrected chi connectivity index (χ2v) is 4.38. The van der Waals surface area contributed by atoms with Crippen molar-refractivity contribution in [2.24, 2.45) is 0 Å². The van der Waals surface area contributed by atoms with E-state index >= 15 is 0 Å². The lowest BCUT2D eigenvalue weighted by Gasteiger charge is -2.09. The number of aromatic nitrogens is 2. The fraction of sp³-hybridized carbons (Fsp3) is 0.750. The summed E-state index contributed by atoms with van der Waals surface area (Å²) in [7, 11) is 0. The molecule has 16 heavy (non-hydrogen) atoms. The van der Waals surface area contributed by atoms with Crippen molar-refractivity contribution < 1.29 is 4.74 Å². The predicted molar refractivity (Wildman–Crippen MR) is 63.2 cm³/mol. The molecule has 4 nitrogen and oxygen atoms in total. The molecule has 1 aromatic heterocycles. The van der Waals surface area contributed by atoms with Crippen molar-refractivity contribution in [2.45, 2.75) is 45.4 Å². The topological polar surface area (TPSA) is 39.1 Å². The van der Waals surface area contributed by atoms with E-state index in [0.29, 0.717) is 6.10 Å². The van der Waals surface area contributed by atoms with Crippen LogP contribution in [-0.4, -0.2) is 29.0 Å². The Kier molecular flexibility index (Phi) is 4.36. The SMILES string of the molecule is CCCn1cc(CNCC2CCCO2)cn1. The molecule has 1 N–H and O–H groups in total. The molecule has 0 saturated carbocycles. The maximum Gasteiger partial charge on any atom is 0.0700 e. The van der Waals surface area contributed by atoms with Crippen LogP contribution in [-0.2, 0) is 17.8 Å². The van der Waals surface area contributed by atoms with E-state index in [1.807, 2.05) is 10.9 Å². The minimum atomic E-state index is 0.422. The molecule has 1 saturated heterocycles. The van der Waals surface area contributed by atoms with Gasteiger partial charge in [0.05, 0.1) is 12.3 Å². The molecule has 1 unspecified atom stereocenters. The maximum absolute atomic E-state index is 5.55. The Balaban J connectivity index is 1.67. The number of aryl methyl sites for hydroxylation is 1. The largest absolute Gasteiger partial charge is 0.377 e. The Morgan fingerprint density at radius 3 is 3.31 bits per heavy atom.